The molecule has 0 heterocycles. The van der Waals surface area contributed by atoms with Crippen LogP contribution in [-0.2, 0) is 4.79 Å². The summed E-state index contributed by atoms with van der Waals surface area (Å²) in [6, 6.07) is 9.52. The van der Waals surface area contributed by atoms with Gasteiger partial charge in [-0.2, -0.15) is 0 Å². The van der Waals surface area contributed by atoms with E-state index >= 15 is 0 Å². The summed E-state index contributed by atoms with van der Waals surface area (Å²) < 4.78 is 0. The molecule has 0 aliphatic carbocycles. The van der Waals surface area contributed by atoms with Gasteiger partial charge in [0, 0.05) is 11.6 Å². The molecule has 0 radical (unpaired) electrons. The molecular formula is C11H9NO. The van der Waals surface area contributed by atoms with Crippen molar-refractivity contribution in [2.75, 3.05) is 0 Å². The van der Waals surface area contributed by atoms with Crippen LogP contribution in [0.2, 0.25) is 0 Å². The maximum absolute atomic E-state index is 10.3. The molecular weight excluding hydrogens is 162 g/mol. The van der Waals surface area contributed by atoms with Crippen LogP contribution in [0.1, 0.15) is 5.56 Å². The predicted molar refractivity (Wildman–Crippen MR) is 51.7 cm³/mol. The highest BCUT2D eigenvalue weighted by Crippen LogP contribution is 1.94. The molecule has 0 bridgehead atoms. The summed E-state index contributed by atoms with van der Waals surface area (Å²) in [7, 11) is 0. The number of allylic oxidation sites excluding steroid dienone is 1. The van der Waals surface area contributed by atoms with Crippen LogP contribution in [0.4, 0.5) is 0 Å². The smallest absolute Gasteiger partial charge is 0.242 e. The summed E-state index contributed by atoms with van der Waals surface area (Å²) in [5.41, 5.74) is 5.79. The molecule has 1 rings (SSSR count). The van der Waals surface area contributed by atoms with E-state index < -0.39 is 5.91 Å². The van der Waals surface area contributed by atoms with E-state index in [4.69, 9.17) is 5.73 Å². The Morgan fingerprint density at radius 1 is 1.31 bits per heavy atom. The van der Waals surface area contributed by atoms with Crippen molar-refractivity contribution in [1.82, 2.24) is 0 Å². The Kier molecular flexibility index (Phi) is 3.34. The molecule has 0 fully saturated rings. The standard InChI is InChI=1S/C11H9NO/c12-11(13)9-5-4-8-10-6-2-1-3-7-10/h1-3,5-7,9H,(H2,12,13)/b9-5+. The lowest BCUT2D eigenvalue weighted by Crippen LogP contribution is -2.04. The monoisotopic (exact) mass is 171 g/mol. The number of primary amides is 1. The van der Waals surface area contributed by atoms with E-state index in [0.717, 1.165) is 5.56 Å². The molecule has 0 aliphatic rings. The molecule has 0 unspecified atom stereocenters. The van der Waals surface area contributed by atoms with Crippen molar-refractivity contribution in [1.29, 1.82) is 0 Å². The highest BCUT2D eigenvalue weighted by molar-refractivity contribution is 5.86. The molecule has 0 aliphatic heterocycles. The lowest BCUT2D eigenvalue weighted by molar-refractivity contribution is -0.113. The second-order valence-electron chi connectivity index (χ2n) is 2.37. The fraction of sp³-hybridized carbons (Fsp3) is 0. The topological polar surface area (TPSA) is 43.1 Å². The minimum atomic E-state index is -0.484. The van der Waals surface area contributed by atoms with Gasteiger partial charge >= 0.3 is 0 Å². The third-order valence-electron chi connectivity index (χ3n) is 1.32. The van der Waals surface area contributed by atoms with Gasteiger partial charge in [-0.1, -0.05) is 30.0 Å². The average Bonchev–Trinajstić information content (AvgIpc) is 2.14. The number of rotatable bonds is 1. The van der Waals surface area contributed by atoms with Gasteiger partial charge in [-0.25, -0.2) is 0 Å². The van der Waals surface area contributed by atoms with Gasteiger partial charge in [-0.3, -0.25) is 4.79 Å². The fourth-order valence-corrected chi connectivity index (χ4v) is 0.770. The van der Waals surface area contributed by atoms with E-state index in [1.165, 1.54) is 12.2 Å². The zero-order valence-electron chi connectivity index (χ0n) is 7.03. The summed E-state index contributed by atoms with van der Waals surface area (Å²) >= 11 is 0. The van der Waals surface area contributed by atoms with Gasteiger partial charge in [0.1, 0.15) is 0 Å². The second kappa shape index (κ2) is 4.78. The van der Waals surface area contributed by atoms with Gasteiger partial charge in [0.15, 0.2) is 0 Å². The molecule has 2 nitrogen and oxygen atoms in total. The van der Waals surface area contributed by atoms with Gasteiger partial charge in [0.05, 0.1) is 0 Å². The number of hydrogen-bond donors (Lipinski definition) is 1. The van der Waals surface area contributed by atoms with Gasteiger partial charge in [0.25, 0.3) is 0 Å². The van der Waals surface area contributed by atoms with Crippen molar-refractivity contribution in [3.05, 3.63) is 48.0 Å². The Morgan fingerprint density at radius 2 is 2.00 bits per heavy atom. The Bertz CT molecular complexity index is 368. The van der Waals surface area contributed by atoms with Crippen LogP contribution in [-0.4, -0.2) is 5.91 Å². The Labute approximate surface area is 77.1 Å². The average molecular weight is 171 g/mol. The summed E-state index contributed by atoms with van der Waals surface area (Å²) in [5.74, 6) is 5.07. The largest absolute Gasteiger partial charge is 0.366 e. The first-order valence-corrected chi connectivity index (χ1v) is 3.81. The van der Waals surface area contributed by atoms with E-state index in [2.05, 4.69) is 11.8 Å². The van der Waals surface area contributed by atoms with Crippen molar-refractivity contribution in [3.8, 4) is 11.8 Å². The molecule has 0 spiro atoms. The first-order chi connectivity index (χ1) is 6.29. The molecule has 0 saturated carbocycles. The quantitative estimate of drug-likeness (QED) is 0.498. The van der Waals surface area contributed by atoms with Gasteiger partial charge in [-0.05, 0) is 18.2 Å². The van der Waals surface area contributed by atoms with Crippen LogP contribution in [0.5, 0.6) is 0 Å². The highest BCUT2D eigenvalue weighted by Gasteiger charge is 1.80. The van der Waals surface area contributed by atoms with Crippen LogP contribution < -0.4 is 5.73 Å². The normalized spacial score (nSPS) is 9.23. The molecule has 1 aromatic carbocycles. The number of carbonyl (C=O) groups is 1. The van der Waals surface area contributed by atoms with Crippen LogP contribution in [0.15, 0.2) is 42.5 Å². The molecule has 2 heteroatoms. The molecule has 13 heavy (non-hydrogen) atoms. The maximum atomic E-state index is 10.3. The molecule has 0 atom stereocenters. The first-order valence-electron chi connectivity index (χ1n) is 3.81. The minimum Gasteiger partial charge on any atom is -0.366 e. The fourth-order valence-electron chi connectivity index (χ4n) is 0.770. The van der Waals surface area contributed by atoms with Crippen molar-refractivity contribution in [3.63, 3.8) is 0 Å². The van der Waals surface area contributed by atoms with Crippen LogP contribution >= 0.6 is 0 Å². The van der Waals surface area contributed by atoms with E-state index in [1.54, 1.807) is 0 Å². The maximum Gasteiger partial charge on any atom is 0.242 e. The molecule has 64 valence electrons. The van der Waals surface area contributed by atoms with Crippen molar-refractivity contribution < 1.29 is 4.79 Å². The molecule has 0 aromatic heterocycles. The van der Waals surface area contributed by atoms with Crippen molar-refractivity contribution in [2.45, 2.75) is 0 Å². The number of benzene rings is 1. The van der Waals surface area contributed by atoms with Crippen molar-refractivity contribution >= 4 is 5.91 Å². The number of nitrogens with two attached hydrogens (primary N) is 1. The van der Waals surface area contributed by atoms with Gasteiger partial charge in [-0.15, -0.1) is 0 Å². The molecule has 0 saturated heterocycles. The summed E-state index contributed by atoms with van der Waals surface area (Å²) in [4.78, 5) is 10.3. The summed E-state index contributed by atoms with van der Waals surface area (Å²) in [6.45, 7) is 0. The second-order valence-corrected chi connectivity index (χ2v) is 2.37. The molecule has 1 aromatic rings. The van der Waals surface area contributed by atoms with E-state index in [9.17, 15) is 4.79 Å². The Morgan fingerprint density at radius 3 is 2.62 bits per heavy atom. The lowest BCUT2D eigenvalue weighted by atomic mass is 10.2. The number of carbonyl (C=O) groups excluding carboxylic acids is 1. The third kappa shape index (κ3) is 3.78. The Balaban J connectivity index is 2.64. The molecule has 1 amide bonds. The van der Waals surface area contributed by atoms with E-state index in [-0.39, 0.29) is 0 Å². The van der Waals surface area contributed by atoms with Crippen LogP contribution in [0.3, 0.4) is 0 Å². The third-order valence-corrected chi connectivity index (χ3v) is 1.32. The summed E-state index contributed by atoms with van der Waals surface area (Å²) in [6.07, 6.45) is 2.67. The SMILES string of the molecule is NC(=O)/C=C/C#Cc1ccccc1. The highest BCUT2D eigenvalue weighted by atomic mass is 16.1. The summed E-state index contributed by atoms with van der Waals surface area (Å²) in [5, 5.41) is 0. The first kappa shape index (κ1) is 9.08. The van der Waals surface area contributed by atoms with Crippen LogP contribution in [0, 0.1) is 11.8 Å². The minimum absolute atomic E-state index is 0.484. The van der Waals surface area contributed by atoms with Gasteiger partial charge in [0.2, 0.25) is 5.91 Å². The zero-order valence-corrected chi connectivity index (χ0v) is 7.03. The lowest BCUT2D eigenvalue weighted by Gasteiger charge is -1.84. The van der Waals surface area contributed by atoms with E-state index in [0.29, 0.717) is 0 Å². The number of hydrogen-bond acceptors (Lipinski definition) is 1. The number of amides is 1. The van der Waals surface area contributed by atoms with Gasteiger partial charge < -0.3 is 5.73 Å². The molecule has 2 N–H and O–H groups in total. The van der Waals surface area contributed by atoms with Crippen molar-refractivity contribution in [2.24, 2.45) is 5.73 Å². The van der Waals surface area contributed by atoms with Crippen LogP contribution in [0.25, 0.3) is 0 Å². The Hall–Kier alpha value is -2.01. The predicted octanol–water partition coefficient (Wildman–Crippen LogP) is 1.08. The zero-order chi connectivity index (χ0) is 9.52. The van der Waals surface area contributed by atoms with E-state index in [1.807, 2.05) is 30.3 Å².